The van der Waals surface area contributed by atoms with Crippen LogP contribution in [0.2, 0.25) is 5.02 Å². The highest BCUT2D eigenvalue weighted by molar-refractivity contribution is 6.34. The fourth-order valence-corrected chi connectivity index (χ4v) is 3.53. The molecular weight excluding hydrogens is 302 g/mol. The van der Waals surface area contributed by atoms with Crippen LogP contribution >= 0.6 is 11.6 Å². The zero-order valence-corrected chi connectivity index (χ0v) is 13.2. The number of para-hydroxylation sites is 1. The van der Waals surface area contributed by atoms with E-state index in [1.54, 1.807) is 31.2 Å². The van der Waals surface area contributed by atoms with Crippen molar-refractivity contribution in [3.63, 3.8) is 0 Å². The first-order valence-electron chi connectivity index (χ1n) is 7.54. The Bertz CT molecular complexity index is 660. The first kappa shape index (κ1) is 15.1. The number of anilines is 1. The zero-order chi connectivity index (χ0) is 15.7. The second-order valence-corrected chi connectivity index (χ2v) is 6.29. The van der Waals surface area contributed by atoms with Crippen LogP contribution in [0.25, 0.3) is 0 Å². The van der Waals surface area contributed by atoms with E-state index in [9.17, 15) is 9.59 Å². The molecule has 3 rings (SSSR count). The summed E-state index contributed by atoms with van der Waals surface area (Å²) in [5.41, 5.74) is 0.674. The number of carbonyl (C=O) groups is 2. The molecule has 1 aliphatic carbocycles. The minimum absolute atomic E-state index is 0.293. The Hall–Kier alpha value is -1.81. The Morgan fingerprint density at radius 2 is 1.91 bits per heavy atom. The smallest absolute Gasteiger partial charge is 0.335 e. The van der Waals surface area contributed by atoms with Crippen LogP contribution in [-0.2, 0) is 14.3 Å². The first-order chi connectivity index (χ1) is 10.5. The van der Waals surface area contributed by atoms with E-state index in [2.05, 4.69) is 5.32 Å². The molecule has 1 spiro atoms. The topological polar surface area (TPSA) is 55.4 Å². The van der Waals surface area contributed by atoms with Gasteiger partial charge in [0.15, 0.2) is 0 Å². The third-order valence-electron chi connectivity index (χ3n) is 4.44. The SMILES string of the molecule is CC1=C(C(=O)Nc2ccccc2Cl)C2(CCCCC2)OC1=O. The van der Waals surface area contributed by atoms with Gasteiger partial charge in [0.05, 0.1) is 16.3 Å². The number of hydrogen-bond donors (Lipinski definition) is 1. The van der Waals surface area contributed by atoms with Gasteiger partial charge in [0.2, 0.25) is 0 Å². The van der Waals surface area contributed by atoms with Crippen LogP contribution in [0.1, 0.15) is 39.0 Å². The number of ether oxygens (including phenoxy) is 1. The molecule has 0 aromatic heterocycles. The van der Waals surface area contributed by atoms with Crippen molar-refractivity contribution in [1.82, 2.24) is 0 Å². The molecule has 0 unspecified atom stereocenters. The molecule has 1 aromatic carbocycles. The maximum Gasteiger partial charge on any atom is 0.335 e. The van der Waals surface area contributed by atoms with Crippen LogP contribution in [0.5, 0.6) is 0 Å². The maximum absolute atomic E-state index is 12.7. The lowest BCUT2D eigenvalue weighted by atomic mass is 9.78. The number of benzene rings is 1. The number of carbonyl (C=O) groups excluding carboxylic acids is 2. The summed E-state index contributed by atoms with van der Waals surface area (Å²) in [5.74, 6) is -0.676. The standard InChI is InChI=1S/C17H18ClNO3/c1-11-14(15(20)19-13-8-4-3-7-12(13)18)17(22-16(11)21)9-5-2-6-10-17/h3-4,7-8H,2,5-6,9-10H2,1H3,(H,19,20). The predicted molar refractivity (Wildman–Crippen MR) is 84.7 cm³/mol. The monoisotopic (exact) mass is 319 g/mol. The Balaban J connectivity index is 1.92. The average molecular weight is 320 g/mol. The normalized spacial score (nSPS) is 20.2. The highest BCUT2D eigenvalue weighted by atomic mass is 35.5. The van der Waals surface area contributed by atoms with E-state index in [-0.39, 0.29) is 11.9 Å². The minimum Gasteiger partial charge on any atom is -0.451 e. The fourth-order valence-electron chi connectivity index (χ4n) is 3.35. The molecule has 1 amide bonds. The van der Waals surface area contributed by atoms with Gasteiger partial charge in [-0.3, -0.25) is 4.79 Å². The molecule has 4 nitrogen and oxygen atoms in total. The van der Waals surface area contributed by atoms with Gasteiger partial charge in [0.25, 0.3) is 5.91 Å². The largest absolute Gasteiger partial charge is 0.451 e. The highest BCUT2D eigenvalue weighted by Gasteiger charge is 2.49. The molecule has 5 heteroatoms. The summed E-state index contributed by atoms with van der Waals surface area (Å²) in [7, 11) is 0. The second kappa shape index (κ2) is 5.76. The Labute approximate surface area is 134 Å². The second-order valence-electron chi connectivity index (χ2n) is 5.88. The number of amides is 1. The number of halogens is 1. The van der Waals surface area contributed by atoms with Crippen molar-refractivity contribution < 1.29 is 14.3 Å². The zero-order valence-electron chi connectivity index (χ0n) is 12.4. The van der Waals surface area contributed by atoms with Crippen LogP contribution in [0.4, 0.5) is 5.69 Å². The van der Waals surface area contributed by atoms with Crippen LogP contribution < -0.4 is 5.32 Å². The third-order valence-corrected chi connectivity index (χ3v) is 4.76. The predicted octanol–water partition coefficient (Wildman–Crippen LogP) is 3.85. The molecule has 22 heavy (non-hydrogen) atoms. The molecule has 0 bridgehead atoms. The molecule has 116 valence electrons. The summed E-state index contributed by atoms with van der Waals surface area (Å²) >= 11 is 6.09. The van der Waals surface area contributed by atoms with E-state index < -0.39 is 5.60 Å². The average Bonchev–Trinajstić information content (AvgIpc) is 2.73. The van der Waals surface area contributed by atoms with Gasteiger partial charge in [0, 0.05) is 5.57 Å². The van der Waals surface area contributed by atoms with Gasteiger partial charge in [-0.1, -0.05) is 30.2 Å². The highest BCUT2D eigenvalue weighted by Crippen LogP contribution is 2.44. The maximum atomic E-state index is 12.7. The van der Waals surface area contributed by atoms with Crippen molar-refractivity contribution in [2.45, 2.75) is 44.6 Å². The molecule has 0 atom stereocenters. The molecular formula is C17H18ClNO3. The summed E-state index contributed by atoms with van der Waals surface area (Å²) in [4.78, 5) is 24.7. The molecule has 1 saturated carbocycles. The van der Waals surface area contributed by atoms with E-state index in [0.29, 0.717) is 34.7 Å². The van der Waals surface area contributed by atoms with Crippen molar-refractivity contribution in [3.8, 4) is 0 Å². The molecule has 1 aromatic rings. The lowest BCUT2D eigenvalue weighted by Crippen LogP contribution is -2.39. The lowest BCUT2D eigenvalue weighted by Gasteiger charge is -2.34. The minimum atomic E-state index is -0.745. The lowest BCUT2D eigenvalue weighted by molar-refractivity contribution is -0.149. The summed E-state index contributed by atoms with van der Waals surface area (Å²) < 4.78 is 5.60. The van der Waals surface area contributed by atoms with Crippen molar-refractivity contribution in [2.24, 2.45) is 0 Å². The van der Waals surface area contributed by atoms with Crippen molar-refractivity contribution in [2.75, 3.05) is 5.32 Å². The van der Waals surface area contributed by atoms with Crippen molar-refractivity contribution in [3.05, 3.63) is 40.4 Å². The van der Waals surface area contributed by atoms with Crippen LogP contribution in [0, 0.1) is 0 Å². The molecule has 2 aliphatic rings. The summed E-state index contributed by atoms with van der Waals surface area (Å²) in [5, 5.41) is 3.28. The number of rotatable bonds is 2. The molecule has 1 aliphatic heterocycles. The van der Waals surface area contributed by atoms with E-state index in [1.165, 1.54) is 0 Å². The van der Waals surface area contributed by atoms with E-state index in [0.717, 1.165) is 19.3 Å². The van der Waals surface area contributed by atoms with Crippen LogP contribution in [-0.4, -0.2) is 17.5 Å². The van der Waals surface area contributed by atoms with Crippen LogP contribution in [0.3, 0.4) is 0 Å². The van der Waals surface area contributed by atoms with E-state index in [1.807, 2.05) is 0 Å². The Morgan fingerprint density at radius 1 is 1.23 bits per heavy atom. The van der Waals surface area contributed by atoms with Gasteiger partial charge >= 0.3 is 5.97 Å². The Morgan fingerprint density at radius 3 is 2.59 bits per heavy atom. The van der Waals surface area contributed by atoms with Gasteiger partial charge in [0.1, 0.15) is 5.60 Å². The quantitative estimate of drug-likeness (QED) is 0.842. The van der Waals surface area contributed by atoms with Gasteiger partial charge in [-0.05, 0) is 44.7 Å². The number of nitrogens with one attached hydrogen (secondary N) is 1. The number of esters is 1. The molecule has 1 N–H and O–H groups in total. The van der Waals surface area contributed by atoms with Crippen molar-refractivity contribution in [1.29, 1.82) is 0 Å². The van der Waals surface area contributed by atoms with Gasteiger partial charge in [-0.25, -0.2) is 4.79 Å². The molecule has 1 fully saturated rings. The third kappa shape index (κ3) is 2.52. The van der Waals surface area contributed by atoms with Gasteiger partial charge in [-0.2, -0.15) is 0 Å². The number of hydrogen-bond acceptors (Lipinski definition) is 3. The van der Waals surface area contributed by atoms with Gasteiger partial charge in [-0.15, -0.1) is 0 Å². The summed E-state index contributed by atoms with van der Waals surface area (Å²) in [6, 6.07) is 7.05. The fraction of sp³-hybridized carbons (Fsp3) is 0.412. The Kier molecular flexibility index (Phi) is 3.96. The first-order valence-corrected chi connectivity index (χ1v) is 7.92. The molecule has 1 heterocycles. The van der Waals surface area contributed by atoms with Crippen molar-refractivity contribution >= 4 is 29.2 Å². The summed E-state index contributed by atoms with van der Waals surface area (Å²) in [6.45, 7) is 1.66. The van der Waals surface area contributed by atoms with E-state index in [4.69, 9.17) is 16.3 Å². The van der Waals surface area contributed by atoms with E-state index >= 15 is 0 Å². The van der Waals surface area contributed by atoms with Gasteiger partial charge < -0.3 is 10.1 Å². The summed E-state index contributed by atoms with van der Waals surface area (Å²) in [6.07, 6.45) is 4.45. The molecule has 0 saturated heterocycles. The molecule has 0 radical (unpaired) electrons. The van der Waals surface area contributed by atoms with Crippen LogP contribution in [0.15, 0.2) is 35.4 Å².